The van der Waals surface area contributed by atoms with Gasteiger partial charge in [-0.15, -0.1) is 10.2 Å². The van der Waals surface area contributed by atoms with Crippen LogP contribution in [0.5, 0.6) is 11.5 Å². The number of aromatic hydroxyl groups is 2. The van der Waals surface area contributed by atoms with E-state index in [1.54, 1.807) is 30.6 Å². The Morgan fingerprint density at radius 3 is 1.50 bits per heavy atom. The molecule has 0 atom stereocenters. The lowest BCUT2D eigenvalue weighted by atomic mass is 10.3. The van der Waals surface area contributed by atoms with E-state index in [0.717, 1.165) is 0 Å². The predicted molar refractivity (Wildman–Crippen MR) is 49.6 cm³/mol. The Morgan fingerprint density at radius 1 is 0.786 bits per heavy atom. The molecule has 72 valence electrons. The normalized spacial score (nSPS) is 8.57. The van der Waals surface area contributed by atoms with Gasteiger partial charge in [0.15, 0.2) is 11.5 Å². The Labute approximate surface area is 80.7 Å². The molecule has 0 saturated heterocycles. The third kappa shape index (κ3) is 3.48. The molecule has 5 heteroatoms. The third-order valence-corrected chi connectivity index (χ3v) is 1.29. The van der Waals surface area contributed by atoms with Crippen molar-refractivity contribution in [1.29, 1.82) is 0 Å². The first-order valence-corrected chi connectivity index (χ1v) is 3.86. The topological polar surface area (TPSA) is 79.1 Å². The first kappa shape index (κ1) is 9.91. The predicted octanol–water partition coefficient (Wildman–Crippen LogP) is 0.969. The van der Waals surface area contributed by atoms with Crippen molar-refractivity contribution in [2.75, 3.05) is 0 Å². The molecule has 0 unspecified atom stereocenters. The lowest BCUT2D eigenvalue weighted by Crippen LogP contribution is -1.78. The Bertz CT molecular complexity index is 320. The number of hydrogen-bond acceptors (Lipinski definition) is 5. The van der Waals surface area contributed by atoms with Crippen molar-refractivity contribution in [3.8, 4) is 11.5 Å². The largest absolute Gasteiger partial charge is 0.504 e. The van der Waals surface area contributed by atoms with Gasteiger partial charge in [0, 0.05) is 0 Å². The molecule has 0 fully saturated rings. The van der Waals surface area contributed by atoms with Crippen LogP contribution in [0.4, 0.5) is 0 Å². The molecule has 1 aromatic heterocycles. The van der Waals surface area contributed by atoms with E-state index in [9.17, 15) is 0 Å². The van der Waals surface area contributed by atoms with E-state index < -0.39 is 0 Å². The van der Waals surface area contributed by atoms with Gasteiger partial charge in [0.05, 0.1) is 12.4 Å². The number of phenols is 2. The second-order valence-corrected chi connectivity index (χ2v) is 2.30. The summed E-state index contributed by atoms with van der Waals surface area (Å²) in [7, 11) is 0. The van der Waals surface area contributed by atoms with Crippen molar-refractivity contribution in [3.05, 3.63) is 42.7 Å². The van der Waals surface area contributed by atoms with E-state index in [0.29, 0.717) is 0 Å². The molecule has 1 heterocycles. The molecule has 0 saturated carbocycles. The van der Waals surface area contributed by atoms with Crippen LogP contribution in [0.3, 0.4) is 0 Å². The van der Waals surface area contributed by atoms with E-state index in [4.69, 9.17) is 10.2 Å². The van der Waals surface area contributed by atoms with Gasteiger partial charge in [0.25, 0.3) is 0 Å². The van der Waals surface area contributed by atoms with Crippen LogP contribution >= 0.6 is 0 Å². The highest BCUT2D eigenvalue weighted by Gasteiger charge is 1.90. The summed E-state index contributed by atoms with van der Waals surface area (Å²) < 4.78 is 0. The van der Waals surface area contributed by atoms with Gasteiger partial charge < -0.3 is 10.2 Å². The highest BCUT2D eigenvalue weighted by Crippen LogP contribution is 2.21. The van der Waals surface area contributed by atoms with Gasteiger partial charge in [-0.25, -0.2) is 0 Å². The molecule has 0 aliphatic carbocycles. The quantitative estimate of drug-likeness (QED) is 0.606. The van der Waals surface area contributed by atoms with Crippen LogP contribution in [-0.2, 0) is 0 Å². The van der Waals surface area contributed by atoms with Crippen LogP contribution < -0.4 is 0 Å². The van der Waals surface area contributed by atoms with Crippen molar-refractivity contribution < 1.29 is 10.2 Å². The van der Waals surface area contributed by atoms with E-state index >= 15 is 0 Å². The number of rotatable bonds is 0. The molecule has 2 N–H and O–H groups in total. The lowest BCUT2D eigenvalue weighted by molar-refractivity contribution is 0.404. The summed E-state index contributed by atoms with van der Waals surface area (Å²) in [4.78, 5) is 0. The van der Waals surface area contributed by atoms with Crippen molar-refractivity contribution in [1.82, 2.24) is 15.4 Å². The molecule has 14 heavy (non-hydrogen) atoms. The Kier molecular flexibility index (Phi) is 3.87. The monoisotopic (exact) mass is 191 g/mol. The standard InChI is InChI=1S/C6H6O2.C3H3N3/c7-5-3-1-2-4-6(5)8;1-2-4-6-5-3-1/h1-4,7-8H;1-3H. The second kappa shape index (κ2) is 5.47. The summed E-state index contributed by atoms with van der Waals surface area (Å²) in [5, 5.41) is 27.5. The molecule has 2 aromatic rings. The number of aromatic nitrogens is 3. The zero-order chi connectivity index (χ0) is 10.2. The van der Waals surface area contributed by atoms with Gasteiger partial charge in [-0.05, 0) is 23.4 Å². The summed E-state index contributed by atoms with van der Waals surface area (Å²) in [5.74, 6) is -0.153. The average Bonchev–Trinajstić information content (AvgIpc) is 2.26. The van der Waals surface area contributed by atoms with E-state index in [1.165, 1.54) is 12.1 Å². The van der Waals surface area contributed by atoms with Crippen molar-refractivity contribution in [3.63, 3.8) is 0 Å². The summed E-state index contributed by atoms with van der Waals surface area (Å²) in [6.07, 6.45) is 3.15. The fraction of sp³-hybridized carbons (Fsp3) is 0. The molecular formula is C9H9N3O2. The molecule has 0 bridgehead atoms. The van der Waals surface area contributed by atoms with E-state index in [1.807, 2.05) is 0 Å². The van der Waals surface area contributed by atoms with Crippen LogP contribution in [0, 0.1) is 0 Å². The van der Waals surface area contributed by atoms with Crippen molar-refractivity contribution in [2.24, 2.45) is 0 Å². The van der Waals surface area contributed by atoms with Crippen LogP contribution in [0.15, 0.2) is 42.7 Å². The summed E-state index contributed by atoms with van der Waals surface area (Å²) in [5.41, 5.74) is 0. The number of phenolic OH excluding ortho intramolecular Hbond substituents is 2. The number of benzene rings is 1. The fourth-order valence-electron chi connectivity index (χ4n) is 0.669. The van der Waals surface area contributed by atoms with Gasteiger partial charge in [-0.3, -0.25) is 0 Å². The molecule has 1 aromatic carbocycles. The minimum atomic E-state index is -0.0764. The minimum absolute atomic E-state index is 0.0764. The van der Waals surface area contributed by atoms with Crippen LogP contribution in [0.25, 0.3) is 0 Å². The van der Waals surface area contributed by atoms with Crippen LogP contribution in [-0.4, -0.2) is 25.6 Å². The first-order chi connectivity index (χ1) is 6.80. The Hall–Kier alpha value is -2.17. The van der Waals surface area contributed by atoms with Crippen LogP contribution in [0.2, 0.25) is 0 Å². The van der Waals surface area contributed by atoms with Gasteiger partial charge >= 0.3 is 0 Å². The molecule has 0 spiro atoms. The van der Waals surface area contributed by atoms with Crippen molar-refractivity contribution in [2.45, 2.75) is 0 Å². The molecule has 0 aliphatic heterocycles. The number of nitrogens with zero attached hydrogens (tertiary/aromatic N) is 3. The molecule has 2 rings (SSSR count). The summed E-state index contributed by atoms with van der Waals surface area (Å²) in [6.45, 7) is 0. The van der Waals surface area contributed by atoms with Gasteiger partial charge in [-0.1, -0.05) is 12.1 Å². The average molecular weight is 191 g/mol. The molecular weight excluding hydrogens is 182 g/mol. The van der Waals surface area contributed by atoms with E-state index in [2.05, 4.69) is 15.4 Å². The maximum absolute atomic E-state index is 8.67. The highest BCUT2D eigenvalue weighted by molar-refractivity contribution is 5.36. The Morgan fingerprint density at radius 2 is 1.29 bits per heavy atom. The first-order valence-electron chi connectivity index (χ1n) is 3.86. The molecule has 5 nitrogen and oxygen atoms in total. The number of para-hydroxylation sites is 2. The van der Waals surface area contributed by atoms with Gasteiger partial charge in [-0.2, -0.15) is 0 Å². The summed E-state index contributed by atoms with van der Waals surface area (Å²) in [6, 6.07) is 7.86. The molecule has 0 aliphatic rings. The minimum Gasteiger partial charge on any atom is -0.504 e. The fourth-order valence-corrected chi connectivity index (χ4v) is 0.669. The Balaban J connectivity index is 0.000000146. The lowest BCUT2D eigenvalue weighted by Gasteiger charge is -1.91. The van der Waals surface area contributed by atoms with Crippen LogP contribution in [0.1, 0.15) is 0 Å². The van der Waals surface area contributed by atoms with E-state index in [-0.39, 0.29) is 11.5 Å². The zero-order valence-corrected chi connectivity index (χ0v) is 7.28. The smallest absolute Gasteiger partial charge is 0.157 e. The SMILES string of the molecule is Oc1ccccc1O.c1cnnnc1. The zero-order valence-electron chi connectivity index (χ0n) is 7.28. The van der Waals surface area contributed by atoms with Gasteiger partial charge in [0.1, 0.15) is 0 Å². The summed E-state index contributed by atoms with van der Waals surface area (Å²) >= 11 is 0. The van der Waals surface area contributed by atoms with Gasteiger partial charge in [0.2, 0.25) is 0 Å². The maximum atomic E-state index is 8.67. The highest BCUT2D eigenvalue weighted by atomic mass is 16.3. The maximum Gasteiger partial charge on any atom is 0.157 e. The molecule has 0 radical (unpaired) electrons. The van der Waals surface area contributed by atoms with Crippen molar-refractivity contribution >= 4 is 0 Å². The second-order valence-electron chi connectivity index (χ2n) is 2.30. The third-order valence-electron chi connectivity index (χ3n) is 1.29. The number of hydrogen-bond donors (Lipinski definition) is 2. The molecule has 0 amide bonds.